The van der Waals surface area contributed by atoms with E-state index in [0.717, 1.165) is 81.2 Å². The Kier molecular flexibility index (Phi) is 10.0. The molecule has 3 rings (SSSR count). The molecule has 2 aromatic rings. The van der Waals surface area contributed by atoms with Crippen LogP contribution in [0.2, 0.25) is 0 Å². The van der Waals surface area contributed by atoms with Crippen LogP contribution in [0.3, 0.4) is 0 Å². The second-order valence-corrected chi connectivity index (χ2v) is 6.84. The first-order valence-electron chi connectivity index (χ1n) is 9.62. The van der Waals surface area contributed by atoms with Crippen molar-refractivity contribution in [3.63, 3.8) is 0 Å². The van der Waals surface area contributed by atoms with E-state index in [1.54, 1.807) is 19.2 Å². The molecule has 1 fully saturated rings. The largest absolute Gasteiger partial charge is 0.381 e. The molecule has 3 N–H and O–H groups in total. The van der Waals surface area contributed by atoms with Crippen molar-refractivity contribution in [2.45, 2.75) is 19.3 Å². The molecule has 1 aliphatic rings. The number of hydrogen-bond donors (Lipinski definition) is 3. The smallest absolute Gasteiger partial charge is 0.190 e. The fraction of sp³-hybridized carbons (Fsp3) is 0.550. The van der Waals surface area contributed by atoms with E-state index in [4.69, 9.17) is 9.47 Å². The van der Waals surface area contributed by atoms with E-state index in [1.165, 1.54) is 6.07 Å². The van der Waals surface area contributed by atoms with Crippen LogP contribution in [-0.2, 0) is 15.9 Å². The van der Waals surface area contributed by atoms with Crippen LogP contribution >= 0.6 is 24.0 Å². The molecule has 1 atom stereocenters. The van der Waals surface area contributed by atoms with Crippen molar-refractivity contribution in [2.75, 3.05) is 46.6 Å². The lowest BCUT2D eigenvalue weighted by molar-refractivity contribution is 0.0888. The van der Waals surface area contributed by atoms with Crippen LogP contribution in [0.25, 0.3) is 10.9 Å². The zero-order chi connectivity index (χ0) is 18.9. The molecule has 2 heterocycles. The molecule has 156 valence electrons. The SMILES string of the molecule is CN=C(NCCCOCC1CCOC1)NCCc1c[nH]c2ccc(F)cc12.I. The summed E-state index contributed by atoms with van der Waals surface area (Å²) < 4.78 is 24.5. The molecule has 0 spiro atoms. The van der Waals surface area contributed by atoms with Crippen molar-refractivity contribution < 1.29 is 13.9 Å². The lowest BCUT2D eigenvalue weighted by Crippen LogP contribution is -2.39. The van der Waals surface area contributed by atoms with Crippen molar-refractivity contribution in [2.24, 2.45) is 10.9 Å². The topological polar surface area (TPSA) is 70.7 Å². The number of hydrogen-bond acceptors (Lipinski definition) is 3. The fourth-order valence-electron chi connectivity index (χ4n) is 3.24. The van der Waals surface area contributed by atoms with E-state index >= 15 is 0 Å². The predicted octanol–water partition coefficient (Wildman–Crippen LogP) is 3.08. The Morgan fingerprint density at radius 2 is 2.21 bits per heavy atom. The van der Waals surface area contributed by atoms with Gasteiger partial charge in [-0.05, 0) is 43.0 Å². The second kappa shape index (κ2) is 12.2. The Morgan fingerprint density at radius 1 is 1.36 bits per heavy atom. The first-order valence-corrected chi connectivity index (χ1v) is 9.62. The quantitative estimate of drug-likeness (QED) is 0.213. The van der Waals surface area contributed by atoms with Gasteiger partial charge in [-0.1, -0.05) is 0 Å². The maximum atomic E-state index is 13.4. The van der Waals surface area contributed by atoms with Crippen molar-refractivity contribution in [3.05, 3.63) is 35.8 Å². The molecule has 28 heavy (non-hydrogen) atoms. The van der Waals surface area contributed by atoms with Crippen LogP contribution in [-0.4, -0.2) is 57.5 Å². The first kappa shape index (κ1) is 22.9. The van der Waals surface area contributed by atoms with Gasteiger partial charge in [0, 0.05) is 56.4 Å². The number of aromatic amines is 1. The fourth-order valence-corrected chi connectivity index (χ4v) is 3.24. The Balaban J connectivity index is 0.00000280. The summed E-state index contributed by atoms with van der Waals surface area (Å²) in [5.41, 5.74) is 2.05. The van der Waals surface area contributed by atoms with Crippen LogP contribution in [0.4, 0.5) is 4.39 Å². The van der Waals surface area contributed by atoms with E-state index in [2.05, 4.69) is 20.6 Å². The van der Waals surface area contributed by atoms with Gasteiger partial charge in [-0.2, -0.15) is 0 Å². The van der Waals surface area contributed by atoms with Gasteiger partial charge in [0.05, 0.1) is 13.2 Å². The van der Waals surface area contributed by atoms with Crippen molar-refractivity contribution in [3.8, 4) is 0 Å². The summed E-state index contributed by atoms with van der Waals surface area (Å²) in [7, 11) is 1.76. The minimum atomic E-state index is -0.212. The molecule has 6 nitrogen and oxygen atoms in total. The molecule has 1 aromatic heterocycles. The number of benzene rings is 1. The molecule has 1 aromatic carbocycles. The van der Waals surface area contributed by atoms with Gasteiger partial charge in [-0.3, -0.25) is 4.99 Å². The highest BCUT2D eigenvalue weighted by molar-refractivity contribution is 14.0. The van der Waals surface area contributed by atoms with Crippen LogP contribution < -0.4 is 10.6 Å². The van der Waals surface area contributed by atoms with Crippen LogP contribution in [0.5, 0.6) is 0 Å². The van der Waals surface area contributed by atoms with E-state index in [0.29, 0.717) is 5.92 Å². The molecule has 0 amide bonds. The average molecular weight is 504 g/mol. The van der Waals surface area contributed by atoms with E-state index in [-0.39, 0.29) is 29.8 Å². The number of fused-ring (bicyclic) bond motifs is 1. The van der Waals surface area contributed by atoms with Crippen molar-refractivity contribution >= 4 is 40.8 Å². The molecule has 1 unspecified atom stereocenters. The second-order valence-electron chi connectivity index (χ2n) is 6.84. The molecule has 8 heteroatoms. The normalized spacial score (nSPS) is 16.9. The molecule has 1 saturated heterocycles. The summed E-state index contributed by atoms with van der Waals surface area (Å²) in [6.07, 6.45) is 4.76. The van der Waals surface area contributed by atoms with Gasteiger partial charge in [0.15, 0.2) is 5.96 Å². The highest BCUT2D eigenvalue weighted by atomic mass is 127. The predicted molar refractivity (Wildman–Crippen MR) is 121 cm³/mol. The number of ether oxygens (including phenoxy) is 2. The van der Waals surface area contributed by atoms with Gasteiger partial charge in [-0.15, -0.1) is 24.0 Å². The summed E-state index contributed by atoms with van der Waals surface area (Å²) in [6, 6.07) is 4.81. The van der Waals surface area contributed by atoms with Gasteiger partial charge < -0.3 is 25.1 Å². The summed E-state index contributed by atoms with van der Waals surface area (Å²) in [6.45, 7) is 4.75. The maximum Gasteiger partial charge on any atom is 0.190 e. The minimum Gasteiger partial charge on any atom is -0.381 e. The molecular weight excluding hydrogens is 474 g/mol. The van der Waals surface area contributed by atoms with Crippen LogP contribution in [0.15, 0.2) is 29.4 Å². The monoisotopic (exact) mass is 504 g/mol. The molecule has 0 bridgehead atoms. The van der Waals surface area contributed by atoms with Crippen LogP contribution in [0, 0.1) is 11.7 Å². The molecule has 0 aliphatic carbocycles. The van der Waals surface area contributed by atoms with E-state index < -0.39 is 0 Å². The van der Waals surface area contributed by atoms with Gasteiger partial charge in [0.25, 0.3) is 0 Å². The van der Waals surface area contributed by atoms with Gasteiger partial charge in [0.1, 0.15) is 5.82 Å². The Hall–Kier alpha value is -1.39. The van der Waals surface area contributed by atoms with E-state index in [1.807, 2.05) is 6.20 Å². The molecule has 0 radical (unpaired) electrons. The highest BCUT2D eigenvalue weighted by Crippen LogP contribution is 2.19. The van der Waals surface area contributed by atoms with E-state index in [9.17, 15) is 4.39 Å². The number of nitrogens with zero attached hydrogens (tertiary/aromatic N) is 1. The van der Waals surface area contributed by atoms with Gasteiger partial charge in [0.2, 0.25) is 0 Å². The number of rotatable bonds is 9. The average Bonchev–Trinajstić information content (AvgIpc) is 3.33. The Morgan fingerprint density at radius 3 is 3.00 bits per heavy atom. The number of H-pyrrole nitrogens is 1. The third-order valence-electron chi connectivity index (χ3n) is 4.78. The van der Waals surface area contributed by atoms with Gasteiger partial charge in [-0.25, -0.2) is 4.39 Å². The third kappa shape index (κ3) is 6.89. The van der Waals surface area contributed by atoms with Gasteiger partial charge >= 0.3 is 0 Å². The zero-order valence-electron chi connectivity index (χ0n) is 16.3. The Bertz CT molecular complexity index is 747. The van der Waals surface area contributed by atoms with Crippen molar-refractivity contribution in [1.82, 2.24) is 15.6 Å². The first-order chi connectivity index (χ1) is 13.3. The highest BCUT2D eigenvalue weighted by Gasteiger charge is 2.15. The number of halogens is 2. The third-order valence-corrected chi connectivity index (χ3v) is 4.78. The summed E-state index contributed by atoms with van der Waals surface area (Å²) >= 11 is 0. The number of aliphatic imine (C=N–C) groups is 1. The number of nitrogens with one attached hydrogen (secondary N) is 3. The lowest BCUT2D eigenvalue weighted by atomic mass is 10.1. The summed E-state index contributed by atoms with van der Waals surface area (Å²) in [4.78, 5) is 7.41. The molecular formula is C20H30FIN4O2. The van der Waals surface area contributed by atoms with Crippen molar-refractivity contribution in [1.29, 1.82) is 0 Å². The Labute approximate surface area is 182 Å². The number of guanidine groups is 1. The standard InChI is InChI=1S/C20H29FN4O2.HI/c1-22-20(23-7-2-9-26-13-15-6-10-27-14-15)24-8-5-16-12-25-19-4-3-17(21)11-18(16)19;/h3-4,11-12,15,25H,2,5-10,13-14H2,1H3,(H2,22,23,24);1H. The lowest BCUT2D eigenvalue weighted by Gasteiger charge is -2.12. The summed E-state index contributed by atoms with van der Waals surface area (Å²) in [5.74, 6) is 1.12. The molecule has 0 saturated carbocycles. The zero-order valence-corrected chi connectivity index (χ0v) is 18.6. The summed E-state index contributed by atoms with van der Waals surface area (Å²) in [5, 5.41) is 7.52. The number of aromatic nitrogens is 1. The van der Waals surface area contributed by atoms with Crippen LogP contribution in [0.1, 0.15) is 18.4 Å². The minimum absolute atomic E-state index is 0. The molecule has 1 aliphatic heterocycles. The maximum absolute atomic E-state index is 13.4.